The second-order valence-electron chi connectivity index (χ2n) is 4.67. The molecule has 1 N–H and O–H groups in total. The van der Waals surface area contributed by atoms with Gasteiger partial charge in [0.2, 0.25) is 0 Å². The Balaban J connectivity index is 1.76. The number of halogens is 1. The first-order chi connectivity index (χ1) is 9.79. The first-order valence-electron chi connectivity index (χ1n) is 6.77. The number of aryl methyl sites for hydroxylation is 1. The van der Waals surface area contributed by atoms with E-state index in [4.69, 9.17) is 5.26 Å². The largest absolute Gasteiger partial charge is 0.384 e. The average molecular weight is 329 g/mol. The Morgan fingerprint density at radius 2 is 1.85 bits per heavy atom. The van der Waals surface area contributed by atoms with Crippen molar-refractivity contribution in [2.24, 2.45) is 0 Å². The molecule has 2 nitrogen and oxygen atoms in total. The summed E-state index contributed by atoms with van der Waals surface area (Å²) in [5.74, 6) is 0. The molecule has 0 radical (unpaired) electrons. The van der Waals surface area contributed by atoms with Crippen LogP contribution in [0.25, 0.3) is 0 Å². The minimum Gasteiger partial charge on any atom is -0.384 e. The quantitative estimate of drug-likeness (QED) is 0.776. The van der Waals surface area contributed by atoms with Crippen LogP contribution in [0.5, 0.6) is 0 Å². The number of nitriles is 1. The van der Waals surface area contributed by atoms with Crippen molar-refractivity contribution in [2.75, 3.05) is 11.9 Å². The zero-order valence-electron chi connectivity index (χ0n) is 11.3. The lowest BCUT2D eigenvalue weighted by Gasteiger charge is -2.08. The van der Waals surface area contributed by atoms with Crippen LogP contribution >= 0.6 is 15.9 Å². The molecule has 3 heteroatoms. The highest BCUT2D eigenvalue weighted by Crippen LogP contribution is 2.20. The molecule has 0 amide bonds. The topological polar surface area (TPSA) is 35.8 Å². The number of benzene rings is 2. The summed E-state index contributed by atoms with van der Waals surface area (Å²) in [5, 5.41) is 12.4. The molecule has 0 aliphatic carbocycles. The molecule has 0 aliphatic rings. The van der Waals surface area contributed by atoms with Crippen molar-refractivity contribution in [3.05, 3.63) is 64.1 Å². The van der Waals surface area contributed by atoms with Crippen LogP contribution in [-0.4, -0.2) is 6.54 Å². The number of hydrogen-bond donors (Lipinski definition) is 1. The number of unbranched alkanes of at least 4 members (excludes halogenated alkanes) is 1. The van der Waals surface area contributed by atoms with Gasteiger partial charge < -0.3 is 5.32 Å². The predicted octanol–water partition coefficient (Wildman–Crippen LogP) is 4.76. The van der Waals surface area contributed by atoms with E-state index < -0.39 is 0 Å². The van der Waals surface area contributed by atoms with Crippen molar-refractivity contribution in [3.8, 4) is 6.07 Å². The summed E-state index contributed by atoms with van der Waals surface area (Å²) in [5.41, 5.74) is 2.98. The van der Waals surface area contributed by atoms with Crippen LogP contribution in [0.15, 0.2) is 53.0 Å². The average Bonchev–Trinajstić information content (AvgIpc) is 2.48. The number of hydrogen-bond acceptors (Lipinski definition) is 2. The maximum Gasteiger partial charge on any atom is 0.101 e. The summed E-state index contributed by atoms with van der Waals surface area (Å²) in [6.45, 7) is 0.887. The molecular formula is C17H17BrN2. The standard InChI is InChI=1S/C17H17BrN2/c18-16-10-9-15(13-19)17(12-16)20-11-5-4-8-14-6-2-1-3-7-14/h1-3,6-7,9-10,12,20H,4-5,8,11H2. The van der Waals surface area contributed by atoms with Crippen LogP contribution in [-0.2, 0) is 6.42 Å². The zero-order chi connectivity index (χ0) is 14.2. The Hall–Kier alpha value is -1.79. The lowest BCUT2D eigenvalue weighted by molar-refractivity contribution is 0.763. The van der Waals surface area contributed by atoms with Crippen LogP contribution in [0.1, 0.15) is 24.0 Å². The highest BCUT2D eigenvalue weighted by molar-refractivity contribution is 9.10. The van der Waals surface area contributed by atoms with Gasteiger partial charge in [-0.3, -0.25) is 0 Å². The monoisotopic (exact) mass is 328 g/mol. The van der Waals surface area contributed by atoms with Crippen molar-refractivity contribution in [1.82, 2.24) is 0 Å². The molecule has 0 bridgehead atoms. The van der Waals surface area contributed by atoms with E-state index in [1.807, 2.05) is 24.3 Å². The fourth-order valence-electron chi connectivity index (χ4n) is 2.08. The SMILES string of the molecule is N#Cc1ccc(Br)cc1NCCCCc1ccccc1. The van der Waals surface area contributed by atoms with E-state index in [2.05, 4.69) is 51.6 Å². The Morgan fingerprint density at radius 1 is 1.05 bits per heavy atom. The Labute approximate surface area is 128 Å². The highest BCUT2D eigenvalue weighted by atomic mass is 79.9. The van der Waals surface area contributed by atoms with E-state index in [1.165, 1.54) is 5.56 Å². The van der Waals surface area contributed by atoms with Gasteiger partial charge in [0.25, 0.3) is 0 Å². The maximum atomic E-state index is 9.06. The molecule has 0 spiro atoms. The molecule has 0 saturated carbocycles. The summed E-state index contributed by atoms with van der Waals surface area (Å²) in [7, 11) is 0. The van der Waals surface area contributed by atoms with Gasteiger partial charge in [0.05, 0.1) is 11.3 Å². The third-order valence-corrected chi connectivity index (χ3v) is 3.65. The molecule has 102 valence electrons. The van der Waals surface area contributed by atoms with E-state index in [9.17, 15) is 0 Å². The molecule has 2 aromatic carbocycles. The third-order valence-electron chi connectivity index (χ3n) is 3.15. The molecule has 0 aromatic heterocycles. The lowest BCUT2D eigenvalue weighted by atomic mass is 10.1. The smallest absolute Gasteiger partial charge is 0.101 e. The van der Waals surface area contributed by atoms with Crippen molar-refractivity contribution in [1.29, 1.82) is 5.26 Å². The number of rotatable bonds is 6. The van der Waals surface area contributed by atoms with E-state index in [0.717, 1.165) is 36.0 Å². The molecule has 0 unspecified atom stereocenters. The van der Waals surface area contributed by atoms with Crippen LogP contribution in [0.3, 0.4) is 0 Å². The van der Waals surface area contributed by atoms with Crippen molar-refractivity contribution < 1.29 is 0 Å². The minimum absolute atomic E-state index is 0.691. The van der Waals surface area contributed by atoms with Gasteiger partial charge in [-0.1, -0.05) is 46.3 Å². The highest BCUT2D eigenvalue weighted by Gasteiger charge is 2.01. The van der Waals surface area contributed by atoms with E-state index >= 15 is 0 Å². The van der Waals surface area contributed by atoms with Crippen molar-refractivity contribution >= 4 is 21.6 Å². The molecule has 2 aromatic rings. The Bertz CT molecular complexity index is 588. The summed E-state index contributed by atoms with van der Waals surface area (Å²) >= 11 is 3.43. The van der Waals surface area contributed by atoms with Gasteiger partial charge in [-0.2, -0.15) is 5.26 Å². The number of anilines is 1. The molecule has 20 heavy (non-hydrogen) atoms. The van der Waals surface area contributed by atoms with Crippen LogP contribution in [0.4, 0.5) is 5.69 Å². The molecule has 0 atom stereocenters. The van der Waals surface area contributed by atoms with Crippen LogP contribution < -0.4 is 5.32 Å². The van der Waals surface area contributed by atoms with Crippen LogP contribution in [0.2, 0.25) is 0 Å². The second-order valence-corrected chi connectivity index (χ2v) is 5.59. The normalized spacial score (nSPS) is 10.0. The Kier molecular flexibility index (Phi) is 5.64. The van der Waals surface area contributed by atoms with Crippen molar-refractivity contribution in [2.45, 2.75) is 19.3 Å². The van der Waals surface area contributed by atoms with Crippen LogP contribution in [0, 0.1) is 11.3 Å². The van der Waals surface area contributed by atoms with Crippen molar-refractivity contribution in [3.63, 3.8) is 0 Å². The Morgan fingerprint density at radius 3 is 2.60 bits per heavy atom. The zero-order valence-corrected chi connectivity index (χ0v) is 12.9. The van der Waals surface area contributed by atoms with Gasteiger partial charge in [0.1, 0.15) is 6.07 Å². The fourth-order valence-corrected chi connectivity index (χ4v) is 2.44. The molecule has 0 saturated heterocycles. The first-order valence-corrected chi connectivity index (χ1v) is 7.56. The summed E-state index contributed by atoms with van der Waals surface area (Å²) in [4.78, 5) is 0. The summed E-state index contributed by atoms with van der Waals surface area (Å²) < 4.78 is 0.989. The molecule has 2 rings (SSSR count). The molecule has 0 fully saturated rings. The van der Waals surface area contributed by atoms with Gasteiger partial charge in [-0.15, -0.1) is 0 Å². The minimum atomic E-state index is 0.691. The molecule has 0 heterocycles. The first kappa shape index (κ1) is 14.6. The molecule has 0 aliphatic heterocycles. The third kappa shape index (κ3) is 4.40. The van der Waals surface area contributed by atoms with E-state index in [0.29, 0.717) is 5.56 Å². The second kappa shape index (κ2) is 7.72. The molecular weight excluding hydrogens is 312 g/mol. The van der Waals surface area contributed by atoms with Gasteiger partial charge in [-0.05, 0) is 43.0 Å². The van der Waals surface area contributed by atoms with E-state index in [1.54, 1.807) is 0 Å². The summed E-state index contributed by atoms with van der Waals surface area (Å²) in [6, 6.07) is 18.4. The van der Waals surface area contributed by atoms with E-state index in [-0.39, 0.29) is 0 Å². The maximum absolute atomic E-state index is 9.06. The number of nitrogens with zero attached hydrogens (tertiary/aromatic N) is 1. The van der Waals surface area contributed by atoms with Gasteiger partial charge in [-0.25, -0.2) is 0 Å². The van der Waals surface area contributed by atoms with Gasteiger partial charge >= 0.3 is 0 Å². The fraction of sp³-hybridized carbons (Fsp3) is 0.235. The van der Waals surface area contributed by atoms with Gasteiger partial charge in [0, 0.05) is 11.0 Å². The number of nitrogens with one attached hydrogen (secondary N) is 1. The summed E-state index contributed by atoms with van der Waals surface area (Å²) in [6.07, 6.45) is 3.34. The predicted molar refractivity (Wildman–Crippen MR) is 86.7 cm³/mol. The van der Waals surface area contributed by atoms with Gasteiger partial charge in [0.15, 0.2) is 0 Å². The lowest BCUT2D eigenvalue weighted by Crippen LogP contribution is -2.03.